The predicted molar refractivity (Wildman–Crippen MR) is 136 cm³/mol. The number of benzene rings is 3. The highest BCUT2D eigenvalue weighted by atomic mass is 35.5. The molecule has 1 unspecified atom stereocenters. The summed E-state index contributed by atoms with van der Waals surface area (Å²) in [6.45, 7) is 6.26. The standard InChI is InChI=1S/C28H31ClN2O3/c1-4-30-28(33)25(17-22-10-6-5-7-11-22)31(18-23-12-8-9-13-24(23)29)27(32)19-34-26-16-20(2)14-15-21(26)3/h5-16,25H,4,17-19H2,1-3H3,(H,30,33). The molecule has 0 aliphatic rings. The summed E-state index contributed by atoms with van der Waals surface area (Å²) in [5, 5.41) is 3.43. The van der Waals surface area contributed by atoms with Crippen molar-refractivity contribution in [2.75, 3.05) is 13.2 Å². The molecule has 2 amide bonds. The smallest absolute Gasteiger partial charge is 0.261 e. The van der Waals surface area contributed by atoms with E-state index >= 15 is 0 Å². The van der Waals surface area contributed by atoms with Gasteiger partial charge in [-0.1, -0.05) is 72.3 Å². The van der Waals surface area contributed by atoms with Crippen LogP contribution in [0, 0.1) is 13.8 Å². The Labute approximate surface area is 206 Å². The average Bonchev–Trinajstić information content (AvgIpc) is 2.83. The quantitative estimate of drug-likeness (QED) is 0.440. The van der Waals surface area contributed by atoms with Crippen LogP contribution in [0.1, 0.15) is 29.2 Å². The van der Waals surface area contributed by atoms with Crippen LogP contribution in [-0.4, -0.2) is 35.9 Å². The van der Waals surface area contributed by atoms with E-state index in [0.717, 1.165) is 22.3 Å². The highest BCUT2D eigenvalue weighted by Crippen LogP contribution is 2.22. The first-order valence-electron chi connectivity index (χ1n) is 11.4. The van der Waals surface area contributed by atoms with Crippen LogP contribution in [0.3, 0.4) is 0 Å². The van der Waals surface area contributed by atoms with Crippen molar-refractivity contribution >= 4 is 23.4 Å². The van der Waals surface area contributed by atoms with Crippen molar-refractivity contribution < 1.29 is 14.3 Å². The molecule has 0 radical (unpaired) electrons. The lowest BCUT2D eigenvalue weighted by atomic mass is 10.0. The molecule has 0 aliphatic heterocycles. The van der Waals surface area contributed by atoms with Gasteiger partial charge >= 0.3 is 0 Å². The van der Waals surface area contributed by atoms with Gasteiger partial charge in [0, 0.05) is 24.5 Å². The van der Waals surface area contributed by atoms with Gasteiger partial charge in [-0.15, -0.1) is 0 Å². The molecule has 0 aromatic heterocycles. The Morgan fingerprint density at radius 2 is 1.71 bits per heavy atom. The largest absolute Gasteiger partial charge is 0.483 e. The van der Waals surface area contributed by atoms with Crippen molar-refractivity contribution in [1.82, 2.24) is 10.2 Å². The lowest BCUT2D eigenvalue weighted by Gasteiger charge is -2.31. The van der Waals surface area contributed by atoms with Crippen LogP contribution in [0.5, 0.6) is 5.75 Å². The van der Waals surface area contributed by atoms with Crippen LogP contribution in [0.25, 0.3) is 0 Å². The molecule has 5 nitrogen and oxygen atoms in total. The van der Waals surface area contributed by atoms with Crippen LogP contribution in [0.2, 0.25) is 5.02 Å². The number of ether oxygens (including phenoxy) is 1. The zero-order chi connectivity index (χ0) is 24.5. The monoisotopic (exact) mass is 478 g/mol. The first-order chi connectivity index (χ1) is 16.4. The third kappa shape index (κ3) is 6.84. The molecule has 0 spiro atoms. The van der Waals surface area contributed by atoms with Crippen molar-refractivity contribution in [1.29, 1.82) is 0 Å². The number of hydrogen-bond acceptors (Lipinski definition) is 3. The number of carbonyl (C=O) groups is 2. The van der Waals surface area contributed by atoms with Crippen molar-refractivity contribution in [3.05, 3.63) is 100 Å². The number of nitrogens with zero attached hydrogens (tertiary/aromatic N) is 1. The van der Waals surface area contributed by atoms with Gasteiger partial charge in [0.05, 0.1) is 0 Å². The summed E-state index contributed by atoms with van der Waals surface area (Å²) < 4.78 is 5.91. The first-order valence-corrected chi connectivity index (χ1v) is 11.8. The molecule has 1 N–H and O–H groups in total. The molecule has 0 saturated heterocycles. The Morgan fingerprint density at radius 3 is 2.41 bits per heavy atom. The van der Waals surface area contributed by atoms with Crippen LogP contribution in [-0.2, 0) is 22.6 Å². The second kappa shape index (κ2) is 12.2. The molecule has 3 aromatic rings. The molecule has 1 atom stereocenters. The maximum Gasteiger partial charge on any atom is 0.261 e. The van der Waals surface area contributed by atoms with Gasteiger partial charge in [0.25, 0.3) is 5.91 Å². The average molecular weight is 479 g/mol. The van der Waals surface area contributed by atoms with Crippen LogP contribution < -0.4 is 10.1 Å². The highest BCUT2D eigenvalue weighted by molar-refractivity contribution is 6.31. The molecule has 34 heavy (non-hydrogen) atoms. The van der Waals surface area contributed by atoms with Gasteiger partial charge in [0.15, 0.2) is 6.61 Å². The molecule has 0 aliphatic carbocycles. The Morgan fingerprint density at radius 1 is 1.00 bits per heavy atom. The summed E-state index contributed by atoms with van der Waals surface area (Å²) in [6.07, 6.45) is 0.381. The highest BCUT2D eigenvalue weighted by Gasteiger charge is 2.31. The molecule has 178 valence electrons. The van der Waals surface area contributed by atoms with Crippen molar-refractivity contribution in [3.63, 3.8) is 0 Å². The summed E-state index contributed by atoms with van der Waals surface area (Å²) in [7, 11) is 0. The second-order valence-electron chi connectivity index (χ2n) is 8.27. The van der Waals surface area contributed by atoms with Gasteiger partial charge in [0.1, 0.15) is 11.8 Å². The van der Waals surface area contributed by atoms with E-state index in [9.17, 15) is 9.59 Å². The third-order valence-electron chi connectivity index (χ3n) is 5.62. The fourth-order valence-electron chi connectivity index (χ4n) is 3.74. The van der Waals surface area contributed by atoms with E-state index in [1.165, 1.54) is 0 Å². The lowest BCUT2D eigenvalue weighted by Crippen LogP contribution is -2.51. The lowest BCUT2D eigenvalue weighted by molar-refractivity contribution is -0.142. The number of halogens is 1. The van der Waals surface area contributed by atoms with Crippen LogP contribution >= 0.6 is 11.6 Å². The van der Waals surface area contributed by atoms with Gasteiger partial charge in [-0.25, -0.2) is 0 Å². The minimum absolute atomic E-state index is 0.181. The topological polar surface area (TPSA) is 58.6 Å². The molecule has 3 aromatic carbocycles. The van der Waals surface area contributed by atoms with Gasteiger partial charge in [-0.05, 0) is 55.2 Å². The Kier molecular flexibility index (Phi) is 9.11. The van der Waals surface area contributed by atoms with Gasteiger partial charge in [-0.2, -0.15) is 0 Å². The molecule has 0 fully saturated rings. The molecular weight excluding hydrogens is 448 g/mol. The van der Waals surface area contributed by atoms with E-state index in [2.05, 4.69) is 5.32 Å². The number of amides is 2. The molecular formula is C28H31ClN2O3. The van der Waals surface area contributed by atoms with E-state index in [1.807, 2.05) is 87.5 Å². The SMILES string of the molecule is CCNC(=O)C(Cc1ccccc1)N(Cc1ccccc1Cl)C(=O)COc1cc(C)ccc1C. The van der Waals surface area contributed by atoms with E-state index in [4.69, 9.17) is 16.3 Å². The Hall–Kier alpha value is -3.31. The summed E-state index contributed by atoms with van der Waals surface area (Å²) in [6, 6.07) is 22.2. The normalized spacial score (nSPS) is 11.5. The first kappa shape index (κ1) is 25.3. The molecule has 0 bridgehead atoms. The summed E-state index contributed by atoms with van der Waals surface area (Å²) in [4.78, 5) is 28.3. The number of likely N-dealkylation sites (N-methyl/N-ethyl adjacent to an activating group) is 1. The summed E-state index contributed by atoms with van der Waals surface area (Å²) in [5.74, 6) is 0.162. The summed E-state index contributed by atoms with van der Waals surface area (Å²) >= 11 is 6.42. The maximum absolute atomic E-state index is 13.5. The van der Waals surface area contributed by atoms with Crippen molar-refractivity contribution in [2.24, 2.45) is 0 Å². The van der Waals surface area contributed by atoms with Gasteiger partial charge in [0.2, 0.25) is 5.91 Å². The minimum Gasteiger partial charge on any atom is -0.483 e. The fourth-order valence-corrected chi connectivity index (χ4v) is 3.94. The van der Waals surface area contributed by atoms with E-state index in [1.54, 1.807) is 11.0 Å². The molecule has 6 heteroatoms. The van der Waals surface area contributed by atoms with E-state index in [0.29, 0.717) is 23.7 Å². The molecule has 3 rings (SSSR count). The Bertz CT molecular complexity index is 1120. The number of hydrogen-bond donors (Lipinski definition) is 1. The number of carbonyl (C=O) groups excluding carboxylic acids is 2. The minimum atomic E-state index is -0.715. The van der Waals surface area contributed by atoms with Crippen molar-refractivity contribution in [3.8, 4) is 5.75 Å². The van der Waals surface area contributed by atoms with E-state index < -0.39 is 6.04 Å². The van der Waals surface area contributed by atoms with E-state index in [-0.39, 0.29) is 25.0 Å². The van der Waals surface area contributed by atoms with Gasteiger partial charge in [-0.3, -0.25) is 9.59 Å². The molecule has 0 saturated carbocycles. The number of rotatable bonds is 10. The van der Waals surface area contributed by atoms with Crippen LogP contribution in [0.15, 0.2) is 72.8 Å². The molecule has 0 heterocycles. The zero-order valence-electron chi connectivity index (χ0n) is 19.9. The van der Waals surface area contributed by atoms with Crippen LogP contribution in [0.4, 0.5) is 0 Å². The zero-order valence-corrected chi connectivity index (χ0v) is 20.6. The Balaban J connectivity index is 1.92. The predicted octanol–water partition coefficient (Wildman–Crippen LogP) is 5.11. The van der Waals surface area contributed by atoms with Crippen molar-refractivity contribution in [2.45, 2.75) is 39.8 Å². The summed E-state index contributed by atoms with van der Waals surface area (Å²) in [5.41, 5.74) is 3.73. The second-order valence-corrected chi connectivity index (χ2v) is 8.68. The van der Waals surface area contributed by atoms with Gasteiger partial charge < -0.3 is 15.0 Å². The maximum atomic E-state index is 13.5. The number of aryl methyl sites for hydroxylation is 2. The third-order valence-corrected chi connectivity index (χ3v) is 5.98. The fraction of sp³-hybridized carbons (Fsp3) is 0.286. The number of nitrogens with one attached hydrogen (secondary N) is 1.